The number of esters is 1. The lowest BCUT2D eigenvalue weighted by molar-refractivity contribution is -0.295. The van der Waals surface area contributed by atoms with Crippen molar-refractivity contribution in [2.24, 2.45) is 5.41 Å². The van der Waals surface area contributed by atoms with E-state index < -0.39 is 36.0 Å². The molecule has 3 rings (SSSR count). The Morgan fingerprint density at radius 1 is 0.971 bits per heavy atom. The summed E-state index contributed by atoms with van der Waals surface area (Å²) in [4.78, 5) is 12.8. The number of rotatable bonds is 10. The van der Waals surface area contributed by atoms with E-state index in [9.17, 15) is 4.79 Å². The summed E-state index contributed by atoms with van der Waals surface area (Å²) >= 11 is 0. The fourth-order valence-electron chi connectivity index (χ4n) is 3.95. The topological polar surface area (TPSA) is 81.7 Å². The molecule has 34 heavy (non-hydrogen) atoms. The summed E-state index contributed by atoms with van der Waals surface area (Å²) in [5, 5.41) is 0. The highest BCUT2D eigenvalue weighted by Crippen LogP contribution is 2.37. The maximum absolute atomic E-state index is 12.8. The normalized spacial score (nSPS) is 21.5. The molecular formula is C26H34O8. The summed E-state index contributed by atoms with van der Waals surface area (Å²) < 4.78 is 39.9. The highest BCUT2D eigenvalue weighted by atomic mass is 16.7. The van der Waals surface area contributed by atoms with Crippen LogP contribution in [0.5, 0.6) is 11.5 Å². The zero-order valence-electron chi connectivity index (χ0n) is 20.6. The Labute approximate surface area is 201 Å². The zero-order chi connectivity index (χ0) is 24.7. The monoisotopic (exact) mass is 474 g/mol. The van der Waals surface area contributed by atoms with Gasteiger partial charge in [-0.05, 0) is 43.7 Å². The van der Waals surface area contributed by atoms with Crippen LogP contribution in [0.2, 0.25) is 0 Å². The van der Waals surface area contributed by atoms with E-state index in [1.807, 2.05) is 48.5 Å². The van der Waals surface area contributed by atoms with Gasteiger partial charge in [0.1, 0.15) is 29.8 Å². The van der Waals surface area contributed by atoms with E-state index in [1.54, 1.807) is 35.2 Å². The summed E-state index contributed by atoms with van der Waals surface area (Å²) in [5.74, 6) is 1.08. The molecule has 0 radical (unpaired) electrons. The molecule has 2 aromatic carbocycles. The number of benzene rings is 2. The minimum atomic E-state index is -1.02. The average molecular weight is 475 g/mol. The Balaban J connectivity index is 1.87. The third kappa shape index (κ3) is 5.88. The maximum atomic E-state index is 12.8. The van der Waals surface area contributed by atoms with Gasteiger partial charge in [-0.25, -0.2) is 0 Å². The molecule has 0 aromatic heterocycles. The molecule has 0 saturated carbocycles. The van der Waals surface area contributed by atoms with E-state index in [0.29, 0.717) is 0 Å². The van der Waals surface area contributed by atoms with Crippen molar-refractivity contribution < 1.29 is 38.0 Å². The molecule has 1 fully saturated rings. The Morgan fingerprint density at radius 3 is 2.09 bits per heavy atom. The number of hydrogen-bond donors (Lipinski definition) is 0. The number of ether oxygens (including phenoxy) is 7. The van der Waals surface area contributed by atoms with Crippen LogP contribution in [-0.4, -0.2) is 59.3 Å². The third-order valence-electron chi connectivity index (χ3n) is 6.06. The van der Waals surface area contributed by atoms with Gasteiger partial charge in [-0.3, -0.25) is 4.79 Å². The number of methoxy groups -OCH3 is 4. The van der Waals surface area contributed by atoms with Gasteiger partial charge >= 0.3 is 5.97 Å². The molecule has 1 aliphatic heterocycles. The van der Waals surface area contributed by atoms with Gasteiger partial charge in [0.05, 0.1) is 40.0 Å². The fourth-order valence-corrected chi connectivity index (χ4v) is 3.95. The van der Waals surface area contributed by atoms with Crippen LogP contribution in [0.25, 0.3) is 0 Å². The predicted molar refractivity (Wildman–Crippen MR) is 125 cm³/mol. The first-order valence-electron chi connectivity index (χ1n) is 11.1. The number of carbonyl (C=O) groups excluding carboxylic acids is 1. The van der Waals surface area contributed by atoms with Crippen molar-refractivity contribution in [3.8, 4) is 11.5 Å². The third-order valence-corrected chi connectivity index (χ3v) is 6.06. The minimum Gasteiger partial charge on any atom is -0.497 e. The summed E-state index contributed by atoms with van der Waals surface area (Å²) in [5.41, 5.74) is 0.731. The summed E-state index contributed by atoms with van der Waals surface area (Å²) in [6.07, 6.45) is -2.38. The molecule has 0 amide bonds. The van der Waals surface area contributed by atoms with Gasteiger partial charge in [-0.1, -0.05) is 24.3 Å². The van der Waals surface area contributed by atoms with Crippen molar-refractivity contribution in [1.29, 1.82) is 0 Å². The van der Waals surface area contributed by atoms with Crippen molar-refractivity contribution >= 4 is 5.97 Å². The van der Waals surface area contributed by atoms with E-state index in [0.717, 1.165) is 22.6 Å². The first-order valence-corrected chi connectivity index (χ1v) is 11.1. The molecule has 1 aliphatic rings. The van der Waals surface area contributed by atoms with Crippen LogP contribution in [0.4, 0.5) is 0 Å². The summed E-state index contributed by atoms with van der Waals surface area (Å²) in [7, 11) is 6.18. The molecule has 8 heteroatoms. The number of hydrogen-bond acceptors (Lipinski definition) is 8. The van der Waals surface area contributed by atoms with Crippen LogP contribution >= 0.6 is 0 Å². The second-order valence-electron chi connectivity index (χ2n) is 8.61. The Kier molecular flexibility index (Phi) is 8.90. The van der Waals surface area contributed by atoms with Gasteiger partial charge in [0.25, 0.3) is 0 Å². The fraction of sp³-hybridized carbons (Fsp3) is 0.500. The smallest absolute Gasteiger partial charge is 0.313 e. The SMILES string of the molecule is COC(=O)C(C)(C)[C@@H](OCc1ccc(OC)cc1)[C@@H]1OC(c2ccc(OC)cc2)OC[C@@H]1OC. The molecule has 8 nitrogen and oxygen atoms in total. The van der Waals surface area contributed by atoms with Gasteiger partial charge in [0.15, 0.2) is 6.29 Å². The lowest BCUT2D eigenvalue weighted by Crippen LogP contribution is -2.56. The molecule has 0 bridgehead atoms. The molecular weight excluding hydrogens is 440 g/mol. The van der Waals surface area contributed by atoms with Gasteiger partial charge in [-0.2, -0.15) is 0 Å². The van der Waals surface area contributed by atoms with E-state index in [4.69, 9.17) is 33.2 Å². The van der Waals surface area contributed by atoms with Crippen molar-refractivity contribution in [2.45, 2.75) is 45.1 Å². The van der Waals surface area contributed by atoms with E-state index >= 15 is 0 Å². The van der Waals surface area contributed by atoms with E-state index in [-0.39, 0.29) is 13.2 Å². The van der Waals surface area contributed by atoms with Gasteiger partial charge in [-0.15, -0.1) is 0 Å². The minimum absolute atomic E-state index is 0.263. The first kappa shape index (κ1) is 26.0. The lowest BCUT2D eigenvalue weighted by atomic mass is 9.81. The molecule has 2 aromatic rings. The highest BCUT2D eigenvalue weighted by molar-refractivity contribution is 5.76. The summed E-state index contributed by atoms with van der Waals surface area (Å²) in [6, 6.07) is 15.0. The van der Waals surface area contributed by atoms with Crippen LogP contribution < -0.4 is 9.47 Å². The standard InChI is InChI=1S/C26H34O8/c1-26(2,25(27)31-6)23(32-15-17-7-11-19(28-3)12-8-17)22-21(30-5)16-33-24(34-22)18-9-13-20(29-4)14-10-18/h7-14,21-24H,15-16H2,1-6H3/t21-,22+,23-,24?/m0/s1. The lowest BCUT2D eigenvalue weighted by Gasteiger charge is -2.44. The molecule has 0 N–H and O–H groups in total. The van der Waals surface area contributed by atoms with Crippen LogP contribution in [0.15, 0.2) is 48.5 Å². The van der Waals surface area contributed by atoms with Crippen LogP contribution in [0.3, 0.4) is 0 Å². The van der Waals surface area contributed by atoms with E-state index in [2.05, 4.69) is 0 Å². The first-order chi connectivity index (χ1) is 16.3. The molecule has 1 heterocycles. The summed E-state index contributed by atoms with van der Waals surface area (Å²) in [6.45, 7) is 4.11. The largest absolute Gasteiger partial charge is 0.497 e. The van der Waals surface area contributed by atoms with Crippen molar-refractivity contribution in [2.75, 3.05) is 35.0 Å². The highest BCUT2D eigenvalue weighted by Gasteiger charge is 2.49. The molecule has 0 aliphatic carbocycles. The van der Waals surface area contributed by atoms with Crippen molar-refractivity contribution in [1.82, 2.24) is 0 Å². The maximum Gasteiger partial charge on any atom is 0.313 e. The molecule has 0 spiro atoms. The van der Waals surface area contributed by atoms with Crippen molar-refractivity contribution in [3.63, 3.8) is 0 Å². The second-order valence-corrected chi connectivity index (χ2v) is 8.61. The zero-order valence-corrected chi connectivity index (χ0v) is 20.6. The molecule has 4 atom stereocenters. The van der Waals surface area contributed by atoms with Crippen molar-refractivity contribution in [3.05, 3.63) is 59.7 Å². The molecule has 1 unspecified atom stereocenters. The van der Waals surface area contributed by atoms with Crippen LogP contribution in [0, 0.1) is 5.41 Å². The van der Waals surface area contributed by atoms with Gasteiger partial charge in [0.2, 0.25) is 0 Å². The number of carbonyl (C=O) groups is 1. The Morgan fingerprint density at radius 2 is 1.56 bits per heavy atom. The average Bonchev–Trinajstić information content (AvgIpc) is 2.88. The molecule has 1 saturated heterocycles. The van der Waals surface area contributed by atoms with Crippen LogP contribution in [-0.2, 0) is 35.1 Å². The van der Waals surface area contributed by atoms with Gasteiger partial charge < -0.3 is 33.2 Å². The Bertz CT molecular complexity index is 909. The quantitative estimate of drug-likeness (QED) is 0.480. The van der Waals surface area contributed by atoms with E-state index in [1.165, 1.54) is 7.11 Å². The van der Waals surface area contributed by atoms with Gasteiger partial charge in [0, 0.05) is 12.7 Å². The second kappa shape index (κ2) is 11.7. The van der Waals surface area contributed by atoms with Crippen LogP contribution in [0.1, 0.15) is 31.3 Å². The Hall–Kier alpha value is -2.65. The predicted octanol–water partition coefficient (Wildman–Crippen LogP) is 3.92. The molecule has 186 valence electrons.